The molecule has 3 radical (unpaired) electrons. The average molecular weight is 550 g/mol. The lowest BCUT2D eigenvalue weighted by Crippen LogP contribution is -2.44. The lowest BCUT2D eigenvalue weighted by Gasteiger charge is -2.32. The predicted molar refractivity (Wildman–Crippen MR) is 138 cm³/mol. The van der Waals surface area contributed by atoms with Gasteiger partial charge in [0.1, 0.15) is 5.82 Å². The average Bonchev–Trinajstić information content (AvgIpc) is 3.66. The van der Waals surface area contributed by atoms with E-state index in [2.05, 4.69) is 25.9 Å². The summed E-state index contributed by atoms with van der Waals surface area (Å²) in [7, 11) is 9.05. The molecule has 0 unspecified atom stereocenters. The highest BCUT2D eigenvalue weighted by Gasteiger charge is 2.67. The number of amides is 2. The van der Waals surface area contributed by atoms with Gasteiger partial charge >= 0.3 is 6.18 Å². The zero-order valence-electron chi connectivity index (χ0n) is 22.0. The number of likely N-dealkylation sites (N-methyl/N-ethyl adjacent to an activating group) is 1. The number of pyridine rings is 1. The molecular weight excluding hydrogens is 516 g/mol. The first-order valence-electron chi connectivity index (χ1n) is 12.4. The second-order valence-electron chi connectivity index (χ2n) is 10.2. The molecule has 205 valence electrons. The highest BCUT2D eigenvalue weighted by molar-refractivity contribution is 6.12. The Kier molecular flexibility index (Phi) is 9.35. The maximum absolute atomic E-state index is 14.5. The molecule has 0 spiro atoms. The monoisotopic (exact) mass is 549 g/mol. The summed E-state index contributed by atoms with van der Waals surface area (Å²) in [4.78, 5) is 30.4. The van der Waals surface area contributed by atoms with Gasteiger partial charge in [0.15, 0.2) is 0 Å². The van der Waals surface area contributed by atoms with E-state index in [1.54, 1.807) is 13.1 Å². The van der Waals surface area contributed by atoms with Crippen LogP contribution in [-0.2, 0) is 11.2 Å². The highest BCUT2D eigenvalue weighted by atomic mass is 28.1. The Balaban J connectivity index is 1.70. The lowest BCUT2D eigenvalue weighted by molar-refractivity contribution is -0.195. The zero-order valence-corrected chi connectivity index (χ0v) is 23.0. The van der Waals surface area contributed by atoms with Gasteiger partial charge in [-0.05, 0) is 80.7 Å². The summed E-state index contributed by atoms with van der Waals surface area (Å²) in [6.07, 6.45) is -2.59. The first kappa shape index (κ1) is 29.8. The minimum atomic E-state index is -4.55. The van der Waals surface area contributed by atoms with Crippen LogP contribution in [0.4, 0.5) is 17.6 Å². The van der Waals surface area contributed by atoms with Crippen LogP contribution in [0.5, 0.6) is 0 Å². The minimum absolute atomic E-state index is 0.117. The van der Waals surface area contributed by atoms with E-state index in [0.717, 1.165) is 17.3 Å². The molecule has 6 nitrogen and oxygen atoms in total. The van der Waals surface area contributed by atoms with Crippen LogP contribution >= 0.6 is 0 Å². The standard InChI is InChI=1S/C27H33F4N4O2Si/c1-16-11-18(25(37)32-2)6-5-17(16)12-23(38)22(35(3)4)15-34-24(36)13-20(19-7-10-33-14-21(19)28)26(8-9-26)27(29,30)31/h5-7,10-11,14,20,22-23H,8-9,12-13,15H2,1-4H3,(H,32,37)(H,34,36)/t20-,22-,23-/m1/s1. The number of benzene rings is 1. The van der Waals surface area contributed by atoms with E-state index in [9.17, 15) is 27.2 Å². The molecule has 38 heavy (non-hydrogen) atoms. The van der Waals surface area contributed by atoms with Crippen LogP contribution in [0.15, 0.2) is 36.7 Å². The van der Waals surface area contributed by atoms with Crippen LogP contribution in [-0.4, -0.2) is 71.8 Å². The van der Waals surface area contributed by atoms with Gasteiger partial charge in [-0.2, -0.15) is 13.2 Å². The largest absolute Gasteiger partial charge is 0.395 e. The van der Waals surface area contributed by atoms with Gasteiger partial charge in [0, 0.05) is 54.0 Å². The third kappa shape index (κ3) is 6.61. The summed E-state index contributed by atoms with van der Waals surface area (Å²) in [6.45, 7) is 2.10. The second kappa shape index (κ2) is 11.9. The fourth-order valence-electron chi connectivity index (χ4n) is 4.98. The van der Waals surface area contributed by atoms with Crippen LogP contribution < -0.4 is 10.6 Å². The summed E-state index contributed by atoms with van der Waals surface area (Å²) in [5.74, 6) is -2.92. The molecule has 0 saturated heterocycles. The van der Waals surface area contributed by atoms with Crippen molar-refractivity contribution in [3.63, 3.8) is 0 Å². The summed E-state index contributed by atoms with van der Waals surface area (Å²) in [5, 5.41) is 5.37. The summed E-state index contributed by atoms with van der Waals surface area (Å²) < 4.78 is 56.4. The van der Waals surface area contributed by atoms with Gasteiger partial charge in [-0.1, -0.05) is 6.07 Å². The Morgan fingerprint density at radius 1 is 1.21 bits per heavy atom. The fraction of sp³-hybridized carbons (Fsp3) is 0.519. The first-order chi connectivity index (χ1) is 17.8. The molecular formula is C27H33F4N4O2Si. The number of carbonyl (C=O) groups excluding carboxylic acids is 2. The summed E-state index contributed by atoms with van der Waals surface area (Å²) in [5.41, 5.74) is 0.160. The predicted octanol–water partition coefficient (Wildman–Crippen LogP) is 3.95. The molecule has 2 N–H and O–H groups in total. The van der Waals surface area contributed by atoms with Crippen molar-refractivity contribution in [2.45, 2.75) is 56.3 Å². The molecule has 1 aliphatic carbocycles. The van der Waals surface area contributed by atoms with Gasteiger partial charge in [0.05, 0.1) is 11.6 Å². The van der Waals surface area contributed by atoms with Crippen molar-refractivity contribution in [1.82, 2.24) is 20.5 Å². The van der Waals surface area contributed by atoms with Crippen molar-refractivity contribution >= 4 is 22.1 Å². The van der Waals surface area contributed by atoms with Gasteiger partial charge in [-0.25, -0.2) is 4.39 Å². The van der Waals surface area contributed by atoms with E-state index in [0.29, 0.717) is 12.0 Å². The number of aromatic nitrogens is 1. The third-order valence-electron chi connectivity index (χ3n) is 7.50. The lowest BCUT2D eigenvalue weighted by atomic mass is 9.80. The molecule has 1 aromatic heterocycles. The van der Waals surface area contributed by atoms with Crippen molar-refractivity contribution in [3.8, 4) is 0 Å². The van der Waals surface area contributed by atoms with Crippen LogP contribution in [0.25, 0.3) is 0 Å². The molecule has 1 fully saturated rings. The van der Waals surface area contributed by atoms with Gasteiger partial charge in [0.2, 0.25) is 5.91 Å². The van der Waals surface area contributed by atoms with Crippen molar-refractivity contribution in [1.29, 1.82) is 0 Å². The van der Waals surface area contributed by atoms with Crippen LogP contribution in [0.3, 0.4) is 0 Å². The number of aryl methyl sites for hydroxylation is 1. The Bertz CT molecular complexity index is 1150. The molecule has 1 saturated carbocycles. The maximum atomic E-state index is 14.5. The van der Waals surface area contributed by atoms with Crippen LogP contribution in [0, 0.1) is 18.2 Å². The van der Waals surface area contributed by atoms with E-state index in [1.807, 2.05) is 38.1 Å². The summed E-state index contributed by atoms with van der Waals surface area (Å²) in [6, 6.07) is 6.49. The zero-order chi connectivity index (χ0) is 28.3. The number of alkyl halides is 3. The van der Waals surface area contributed by atoms with Gasteiger partial charge in [-0.15, -0.1) is 0 Å². The Labute approximate surface area is 224 Å². The molecule has 1 aliphatic rings. The van der Waals surface area contributed by atoms with Crippen molar-refractivity contribution in [2.75, 3.05) is 27.7 Å². The third-order valence-corrected chi connectivity index (χ3v) is 8.09. The number of nitrogens with one attached hydrogen (secondary N) is 2. The smallest absolute Gasteiger partial charge is 0.355 e. The van der Waals surface area contributed by atoms with E-state index < -0.39 is 35.7 Å². The fourth-order valence-corrected chi connectivity index (χ4v) is 5.62. The quantitative estimate of drug-likeness (QED) is 0.329. The molecule has 1 heterocycles. The Hall–Kier alpha value is -2.79. The van der Waals surface area contributed by atoms with Gasteiger partial charge < -0.3 is 15.5 Å². The van der Waals surface area contributed by atoms with Crippen molar-refractivity contribution in [2.24, 2.45) is 5.41 Å². The number of nitrogens with zero attached hydrogens (tertiary/aromatic N) is 2. The Morgan fingerprint density at radius 2 is 1.89 bits per heavy atom. The maximum Gasteiger partial charge on any atom is 0.395 e. The summed E-state index contributed by atoms with van der Waals surface area (Å²) >= 11 is 0. The van der Waals surface area contributed by atoms with Crippen molar-refractivity contribution in [3.05, 3.63) is 64.7 Å². The van der Waals surface area contributed by atoms with Gasteiger partial charge in [-0.3, -0.25) is 14.6 Å². The molecule has 3 atom stereocenters. The molecule has 0 aliphatic heterocycles. The van der Waals surface area contributed by atoms with E-state index in [4.69, 9.17) is 0 Å². The number of hydrogen-bond donors (Lipinski definition) is 2. The van der Waals surface area contributed by atoms with Gasteiger partial charge in [0.25, 0.3) is 5.91 Å². The molecule has 3 rings (SSSR count). The second-order valence-corrected chi connectivity index (χ2v) is 10.9. The minimum Gasteiger partial charge on any atom is -0.355 e. The normalized spacial score (nSPS) is 17.0. The van der Waals surface area contributed by atoms with E-state index in [-0.39, 0.29) is 42.4 Å². The number of carbonyl (C=O) groups is 2. The van der Waals surface area contributed by atoms with Crippen LogP contribution in [0.1, 0.15) is 52.2 Å². The Morgan fingerprint density at radius 3 is 2.42 bits per heavy atom. The van der Waals surface area contributed by atoms with E-state index >= 15 is 0 Å². The molecule has 1 aromatic carbocycles. The number of rotatable bonds is 11. The molecule has 11 heteroatoms. The molecule has 2 aromatic rings. The van der Waals surface area contributed by atoms with Crippen LogP contribution in [0.2, 0.25) is 5.54 Å². The molecule has 2 amide bonds. The topological polar surface area (TPSA) is 74.3 Å². The molecule has 0 bridgehead atoms. The highest BCUT2D eigenvalue weighted by Crippen LogP contribution is 2.66. The van der Waals surface area contributed by atoms with Crippen molar-refractivity contribution < 1.29 is 27.2 Å². The SMILES string of the molecule is CNC(=O)c1ccc(C[C@@H]([Si])[C@@H](CNC(=O)C[C@H](c2ccncc2F)C2(C(F)(F)F)CC2)N(C)C)c(C)c1. The number of hydrogen-bond acceptors (Lipinski definition) is 4. The van der Waals surface area contributed by atoms with E-state index in [1.165, 1.54) is 12.3 Å². The first-order valence-corrected chi connectivity index (χ1v) is 13.0. The number of halogens is 4.